The molecule has 0 radical (unpaired) electrons. The summed E-state index contributed by atoms with van der Waals surface area (Å²) in [5.41, 5.74) is 1.32. The van der Waals surface area contributed by atoms with Crippen molar-refractivity contribution in [3.05, 3.63) is 76.6 Å². The molecule has 0 fully saturated rings. The molecule has 3 nitrogen and oxygen atoms in total. The lowest BCUT2D eigenvalue weighted by molar-refractivity contribution is -0.0300. The van der Waals surface area contributed by atoms with Gasteiger partial charge >= 0.3 is 0 Å². The van der Waals surface area contributed by atoms with E-state index >= 15 is 0 Å². The minimum Gasteiger partial charge on any atom is -0.385 e. The zero-order valence-electron chi connectivity index (χ0n) is 11.2. The number of hydrogen-bond donors (Lipinski definition) is 1. The van der Waals surface area contributed by atoms with Gasteiger partial charge in [0.25, 0.3) is 0 Å². The number of ether oxygens (including phenoxy) is 1. The van der Waals surface area contributed by atoms with Crippen molar-refractivity contribution in [1.82, 2.24) is 4.98 Å². The molecular weight excluding hydrogens is 309 g/mol. The van der Waals surface area contributed by atoms with Crippen LogP contribution in [0.4, 0.5) is 0 Å². The van der Waals surface area contributed by atoms with Gasteiger partial charge in [-0.25, -0.2) is 0 Å². The van der Waals surface area contributed by atoms with E-state index in [9.17, 15) is 5.11 Å². The fourth-order valence-electron chi connectivity index (χ4n) is 1.98. The summed E-state index contributed by atoms with van der Waals surface area (Å²) in [5, 5.41) is 11.5. The lowest BCUT2D eigenvalue weighted by Crippen LogP contribution is -2.15. The minimum atomic E-state index is -0.891. The standard InChI is InChI=1S/C16H15Cl2NO2/c1-2-8-21-16(13-6-5-12(17)9-14(13)18)15(20)11-4-3-7-19-10-11/h2-7,9-10,15-16,20H,1,8H2. The molecular formula is C16H15Cl2NO2. The second-order valence-electron chi connectivity index (χ2n) is 4.44. The Morgan fingerprint density at radius 2 is 2.14 bits per heavy atom. The van der Waals surface area contributed by atoms with Crippen LogP contribution in [-0.4, -0.2) is 16.7 Å². The zero-order chi connectivity index (χ0) is 15.2. The molecule has 2 aromatic rings. The first kappa shape index (κ1) is 16.0. The van der Waals surface area contributed by atoms with Crippen molar-refractivity contribution in [2.75, 3.05) is 6.61 Å². The fraction of sp³-hybridized carbons (Fsp3) is 0.188. The third kappa shape index (κ3) is 4.05. The van der Waals surface area contributed by atoms with Gasteiger partial charge in [-0.3, -0.25) is 4.98 Å². The van der Waals surface area contributed by atoms with Crippen molar-refractivity contribution in [1.29, 1.82) is 0 Å². The van der Waals surface area contributed by atoms with Crippen LogP contribution in [0.15, 0.2) is 55.4 Å². The molecule has 0 spiro atoms. The van der Waals surface area contributed by atoms with E-state index in [1.807, 2.05) is 0 Å². The van der Waals surface area contributed by atoms with Gasteiger partial charge in [0.1, 0.15) is 12.2 Å². The molecule has 21 heavy (non-hydrogen) atoms. The number of aliphatic hydroxyl groups excluding tert-OH is 1. The first-order valence-corrected chi connectivity index (χ1v) is 7.14. The smallest absolute Gasteiger partial charge is 0.114 e. The predicted octanol–water partition coefficient (Wildman–Crippen LogP) is 4.37. The Labute approximate surface area is 133 Å². The molecule has 0 amide bonds. The van der Waals surface area contributed by atoms with Crippen LogP contribution in [-0.2, 0) is 4.74 Å². The predicted molar refractivity (Wildman–Crippen MR) is 84.5 cm³/mol. The van der Waals surface area contributed by atoms with Gasteiger partial charge in [-0.05, 0) is 18.2 Å². The Morgan fingerprint density at radius 1 is 1.33 bits per heavy atom. The summed E-state index contributed by atoms with van der Waals surface area (Å²) in [6.07, 6.45) is 3.34. The maximum atomic E-state index is 10.6. The van der Waals surface area contributed by atoms with E-state index in [1.54, 1.807) is 48.8 Å². The molecule has 2 atom stereocenters. The molecule has 1 aromatic carbocycles. The lowest BCUT2D eigenvalue weighted by atomic mass is 9.99. The normalized spacial score (nSPS) is 13.7. The first-order valence-electron chi connectivity index (χ1n) is 6.39. The van der Waals surface area contributed by atoms with Gasteiger partial charge in [0.05, 0.1) is 6.61 Å². The van der Waals surface area contributed by atoms with Crippen molar-refractivity contribution in [3.63, 3.8) is 0 Å². The average molecular weight is 324 g/mol. The molecule has 0 saturated heterocycles. The molecule has 0 saturated carbocycles. The SMILES string of the molecule is C=CCOC(c1ccc(Cl)cc1Cl)C(O)c1cccnc1. The number of aromatic nitrogens is 1. The fourth-order valence-corrected chi connectivity index (χ4v) is 2.50. The van der Waals surface area contributed by atoms with Gasteiger partial charge < -0.3 is 9.84 Å². The summed E-state index contributed by atoms with van der Waals surface area (Å²) in [6, 6.07) is 8.62. The quantitative estimate of drug-likeness (QED) is 0.803. The number of benzene rings is 1. The topological polar surface area (TPSA) is 42.4 Å². The van der Waals surface area contributed by atoms with E-state index < -0.39 is 12.2 Å². The molecule has 0 aliphatic carbocycles. The van der Waals surface area contributed by atoms with Crippen molar-refractivity contribution >= 4 is 23.2 Å². The van der Waals surface area contributed by atoms with E-state index in [2.05, 4.69) is 11.6 Å². The zero-order valence-corrected chi connectivity index (χ0v) is 12.8. The summed E-state index contributed by atoms with van der Waals surface area (Å²) in [6.45, 7) is 3.91. The second-order valence-corrected chi connectivity index (χ2v) is 5.28. The van der Waals surface area contributed by atoms with Gasteiger partial charge in [0.2, 0.25) is 0 Å². The van der Waals surface area contributed by atoms with Gasteiger partial charge in [-0.15, -0.1) is 6.58 Å². The second kappa shape index (κ2) is 7.57. The molecule has 110 valence electrons. The van der Waals surface area contributed by atoms with E-state index in [1.165, 1.54) is 0 Å². The molecule has 5 heteroatoms. The summed E-state index contributed by atoms with van der Waals surface area (Å²) in [5.74, 6) is 0. The van der Waals surface area contributed by atoms with E-state index in [4.69, 9.17) is 27.9 Å². The number of halogens is 2. The molecule has 0 aliphatic rings. The number of pyridine rings is 1. The Hall–Kier alpha value is -1.39. The van der Waals surface area contributed by atoms with E-state index in [0.717, 1.165) is 0 Å². The van der Waals surface area contributed by atoms with Crippen LogP contribution in [0.1, 0.15) is 23.3 Å². The Morgan fingerprint density at radius 3 is 2.76 bits per heavy atom. The number of nitrogens with zero attached hydrogens (tertiary/aromatic N) is 1. The summed E-state index contributed by atoms with van der Waals surface area (Å²) in [4.78, 5) is 4.01. The third-order valence-electron chi connectivity index (χ3n) is 2.98. The summed E-state index contributed by atoms with van der Waals surface area (Å²) in [7, 11) is 0. The van der Waals surface area contributed by atoms with Crippen LogP contribution in [0.2, 0.25) is 10.0 Å². The van der Waals surface area contributed by atoms with Crippen molar-refractivity contribution in [2.24, 2.45) is 0 Å². The monoisotopic (exact) mass is 323 g/mol. The molecule has 2 rings (SSSR count). The number of rotatable bonds is 6. The maximum absolute atomic E-state index is 10.6. The Balaban J connectivity index is 2.35. The molecule has 0 bridgehead atoms. The lowest BCUT2D eigenvalue weighted by Gasteiger charge is -2.24. The molecule has 2 unspecified atom stereocenters. The van der Waals surface area contributed by atoms with Crippen molar-refractivity contribution < 1.29 is 9.84 Å². The molecule has 1 aromatic heterocycles. The summed E-state index contributed by atoms with van der Waals surface area (Å²) < 4.78 is 5.69. The van der Waals surface area contributed by atoms with Gasteiger partial charge in [0, 0.05) is 33.6 Å². The Bertz CT molecular complexity index is 604. The van der Waals surface area contributed by atoms with E-state index in [0.29, 0.717) is 27.8 Å². The highest BCUT2D eigenvalue weighted by atomic mass is 35.5. The summed E-state index contributed by atoms with van der Waals surface area (Å²) >= 11 is 12.1. The van der Waals surface area contributed by atoms with Crippen LogP contribution in [0.3, 0.4) is 0 Å². The van der Waals surface area contributed by atoms with Gasteiger partial charge in [-0.2, -0.15) is 0 Å². The minimum absolute atomic E-state index is 0.293. The van der Waals surface area contributed by atoms with Crippen molar-refractivity contribution in [2.45, 2.75) is 12.2 Å². The highest BCUT2D eigenvalue weighted by Gasteiger charge is 2.25. The highest BCUT2D eigenvalue weighted by molar-refractivity contribution is 6.35. The van der Waals surface area contributed by atoms with Crippen LogP contribution in [0.5, 0.6) is 0 Å². The largest absolute Gasteiger partial charge is 0.385 e. The van der Waals surface area contributed by atoms with Crippen LogP contribution < -0.4 is 0 Å². The van der Waals surface area contributed by atoms with E-state index in [-0.39, 0.29) is 0 Å². The number of hydrogen-bond acceptors (Lipinski definition) is 3. The Kier molecular flexibility index (Phi) is 5.76. The van der Waals surface area contributed by atoms with Gasteiger partial charge in [-0.1, -0.05) is 41.4 Å². The maximum Gasteiger partial charge on any atom is 0.114 e. The van der Waals surface area contributed by atoms with Crippen LogP contribution in [0, 0.1) is 0 Å². The van der Waals surface area contributed by atoms with Crippen molar-refractivity contribution in [3.8, 4) is 0 Å². The average Bonchev–Trinajstić information content (AvgIpc) is 2.50. The molecule has 0 aliphatic heterocycles. The third-order valence-corrected chi connectivity index (χ3v) is 3.54. The van der Waals surface area contributed by atoms with Gasteiger partial charge in [0.15, 0.2) is 0 Å². The highest BCUT2D eigenvalue weighted by Crippen LogP contribution is 2.36. The van der Waals surface area contributed by atoms with Crippen LogP contribution in [0.25, 0.3) is 0 Å². The molecule has 1 N–H and O–H groups in total. The van der Waals surface area contributed by atoms with Crippen LogP contribution >= 0.6 is 23.2 Å². The first-order chi connectivity index (χ1) is 10.1. The number of aliphatic hydroxyl groups is 1. The molecule has 1 heterocycles.